The molecular weight excluding hydrogens is 305 g/mol. The van der Waals surface area contributed by atoms with Crippen molar-refractivity contribution in [2.75, 3.05) is 18.1 Å². The second kappa shape index (κ2) is 7.10. The average molecular weight is 314 g/mol. The summed E-state index contributed by atoms with van der Waals surface area (Å²) in [7, 11) is 0. The number of rotatable bonds is 6. The fourth-order valence-corrected chi connectivity index (χ4v) is 3.01. The largest absolute Gasteiger partial charge is 0.481 e. The molecule has 0 aliphatic rings. The molecule has 17 heavy (non-hydrogen) atoms. The van der Waals surface area contributed by atoms with Crippen molar-refractivity contribution in [2.24, 2.45) is 0 Å². The molecule has 4 nitrogen and oxygen atoms in total. The minimum Gasteiger partial charge on any atom is -0.481 e. The molecule has 0 aliphatic heterocycles. The van der Waals surface area contributed by atoms with E-state index in [1.807, 2.05) is 0 Å². The molecule has 0 aromatic carbocycles. The molecule has 1 heterocycles. The summed E-state index contributed by atoms with van der Waals surface area (Å²) in [5, 5.41) is 11.0. The molecule has 0 aliphatic carbocycles. The number of carbonyl (C=O) groups is 2. The summed E-state index contributed by atoms with van der Waals surface area (Å²) in [5.74, 6) is -0.600. The van der Waals surface area contributed by atoms with Crippen molar-refractivity contribution in [3.63, 3.8) is 0 Å². The Morgan fingerprint density at radius 1 is 1.47 bits per heavy atom. The van der Waals surface area contributed by atoms with Crippen LogP contribution in [-0.2, 0) is 4.79 Å². The smallest absolute Gasteiger partial charge is 0.313 e. The summed E-state index contributed by atoms with van der Waals surface area (Å²) in [6.07, 6.45) is 0. The SMILES string of the molecule is O=C(O)CSCCNC(=O)c1cc(Cl)sc1Cl. The van der Waals surface area contributed by atoms with Gasteiger partial charge < -0.3 is 10.4 Å². The Labute approximate surface area is 116 Å². The number of carboxylic acid groups (broad SMARTS) is 1. The molecule has 1 aromatic heterocycles. The van der Waals surface area contributed by atoms with Crippen molar-refractivity contribution >= 4 is 58.2 Å². The van der Waals surface area contributed by atoms with E-state index in [1.54, 1.807) is 0 Å². The minimum atomic E-state index is -0.867. The van der Waals surface area contributed by atoms with E-state index in [2.05, 4.69) is 5.32 Å². The van der Waals surface area contributed by atoms with Crippen LogP contribution in [0.2, 0.25) is 8.67 Å². The number of thioether (sulfide) groups is 1. The summed E-state index contributed by atoms with van der Waals surface area (Å²) >= 11 is 13.9. The first-order valence-corrected chi connectivity index (χ1v) is 7.26. The first kappa shape index (κ1) is 14.6. The quantitative estimate of drug-likeness (QED) is 0.792. The van der Waals surface area contributed by atoms with Crippen LogP contribution in [0.15, 0.2) is 6.07 Å². The van der Waals surface area contributed by atoms with E-state index in [-0.39, 0.29) is 11.7 Å². The van der Waals surface area contributed by atoms with Gasteiger partial charge in [-0.05, 0) is 6.07 Å². The van der Waals surface area contributed by atoms with E-state index < -0.39 is 5.97 Å². The molecule has 1 rings (SSSR count). The molecule has 8 heteroatoms. The minimum absolute atomic E-state index is 0.0287. The predicted molar refractivity (Wildman–Crippen MR) is 71.6 cm³/mol. The maximum atomic E-state index is 11.6. The summed E-state index contributed by atoms with van der Waals surface area (Å²) in [4.78, 5) is 21.8. The van der Waals surface area contributed by atoms with Gasteiger partial charge in [0.2, 0.25) is 0 Å². The van der Waals surface area contributed by atoms with Crippen molar-refractivity contribution in [2.45, 2.75) is 0 Å². The second-order valence-electron chi connectivity index (χ2n) is 2.94. The van der Waals surface area contributed by atoms with E-state index in [0.717, 1.165) is 11.3 Å². The standard InChI is InChI=1S/C9H9Cl2NO3S2/c10-6-3-5(8(11)17-6)9(15)12-1-2-16-4-7(13)14/h3H,1-2,4H2,(H,12,15)(H,13,14). The molecule has 0 spiro atoms. The average Bonchev–Trinajstić information content (AvgIpc) is 2.56. The van der Waals surface area contributed by atoms with Crippen LogP contribution in [0.4, 0.5) is 0 Å². The van der Waals surface area contributed by atoms with E-state index in [4.69, 9.17) is 28.3 Å². The van der Waals surface area contributed by atoms with Gasteiger partial charge in [-0.2, -0.15) is 0 Å². The molecule has 0 radical (unpaired) electrons. The Bertz CT molecular complexity index is 422. The fourth-order valence-electron chi connectivity index (χ4n) is 0.987. The van der Waals surface area contributed by atoms with Crippen molar-refractivity contribution in [1.29, 1.82) is 0 Å². The van der Waals surface area contributed by atoms with Crippen molar-refractivity contribution in [3.8, 4) is 0 Å². The molecule has 1 amide bonds. The molecule has 0 saturated heterocycles. The number of nitrogens with one attached hydrogen (secondary N) is 1. The molecule has 1 aromatic rings. The van der Waals surface area contributed by atoms with Crippen LogP contribution in [0, 0.1) is 0 Å². The molecule has 94 valence electrons. The third-order valence-electron chi connectivity index (χ3n) is 1.66. The van der Waals surface area contributed by atoms with Gasteiger partial charge in [0.1, 0.15) is 4.34 Å². The van der Waals surface area contributed by atoms with Gasteiger partial charge in [0.25, 0.3) is 5.91 Å². The Morgan fingerprint density at radius 3 is 2.71 bits per heavy atom. The van der Waals surface area contributed by atoms with E-state index in [1.165, 1.54) is 17.8 Å². The van der Waals surface area contributed by atoms with Crippen LogP contribution in [0.5, 0.6) is 0 Å². The van der Waals surface area contributed by atoms with Crippen LogP contribution in [0.1, 0.15) is 10.4 Å². The molecule has 0 bridgehead atoms. The first-order valence-electron chi connectivity index (χ1n) is 4.53. The Balaban J connectivity index is 2.30. The number of carbonyl (C=O) groups excluding carboxylic acids is 1. The molecule has 0 atom stereocenters. The number of aliphatic carboxylic acids is 1. The van der Waals surface area contributed by atoms with Gasteiger partial charge in [-0.1, -0.05) is 23.2 Å². The topological polar surface area (TPSA) is 66.4 Å². The van der Waals surface area contributed by atoms with Crippen LogP contribution in [0.3, 0.4) is 0 Å². The van der Waals surface area contributed by atoms with E-state index in [9.17, 15) is 9.59 Å². The van der Waals surface area contributed by atoms with Crippen LogP contribution in [-0.4, -0.2) is 35.0 Å². The molecular formula is C9H9Cl2NO3S2. The van der Waals surface area contributed by atoms with Crippen molar-refractivity contribution < 1.29 is 14.7 Å². The summed E-state index contributed by atoms with van der Waals surface area (Å²) in [6, 6.07) is 1.51. The number of amides is 1. The lowest BCUT2D eigenvalue weighted by atomic mass is 10.3. The van der Waals surface area contributed by atoms with Gasteiger partial charge in [0.15, 0.2) is 0 Å². The fraction of sp³-hybridized carbons (Fsp3) is 0.333. The molecule has 2 N–H and O–H groups in total. The number of hydrogen-bond donors (Lipinski definition) is 2. The van der Waals surface area contributed by atoms with Gasteiger partial charge >= 0.3 is 5.97 Å². The van der Waals surface area contributed by atoms with Gasteiger partial charge in [-0.25, -0.2) is 0 Å². The van der Waals surface area contributed by atoms with Crippen molar-refractivity contribution in [1.82, 2.24) is 5.32 Å². The lowest BCUT2D eigenvalue weighted by molar-refractivity contribution is -0.133. The molecule has 0 fully saturated rings. The number of halogens is 2. The second-order valence-corrected chi connectivity index (χ2v) is 6.33. The predicted octanol–water partition coefficient (Wildman–Crippen LogP) is 2.60. The van der Waals surface area contributed by atoms with Gasteiger partial charge in [0.05, 0.1) is 15.7 Å². The number of carboxylic acids is 1. The van der Waals surface area contributed by atoms with Gasteiger partial charge in [0, 0.05) is 12.3 Å². The van der Waals surface area contributed by atoms with E-state index >= 15 is 0 Å². The monoisotopic (exact) mass is 313 g/mol. The van der Waals surface area contributed by atoms with Gasteiger partial charge in [-0.3, -0.25) is 9.59 Å². The molecule has 0 saturated carbocycles. The Kier molecular flexibility index (Phi) is 6.11. The summed E-state index contributed by atoms with van der Waals surface area (Å²) < 4.78 is 0.811. The highest BCUT2D eigenvalue weighted by molar-refractivity contribution is 7.99. The highest BCUT2D eigenvalue weighted by Crippen LogP contribution is 2.30. The highest BCUT2D eigenvalue weighted by atomic mass is 35.5. The van der Waals surface area contributed by atoms with Crippen molar-refractivity contribution in [3.05, 3.63) is 20.3 Å². The number of hydrogen-bond acceptors (Lipinski definition) is 4. The van der Waals surface area contributed by atoms with E-state index in [0.29, 0.717) is 26.5 Å². The lowest BCUT2D eigenvalue weighted by Gasteiger charge is -2.03. The Morgan fingerprint density at radius 2 is 2.18 bits per heavy atom. The zero-order valence-electron chi connectivity index (χ0n) is 8.53. The van der Waals surface area contributed by atoms with Crippen LogP contribution in [0.25, 0.3) is 0 Å². The normalized spacial score (nSPS) is 10.2. The van der Waals surface area contributed by atoms with Crippen LogP contribution >= 0.6 is 46.3 Å². The summed E-state index contributed by atoms with van der Waals surface area (Å²) in [5.41, 5.74) is 0.352. The lowest BCUT2D eigenvalue weighted by Crippen LogP contribution is -2.25. The third-order valence-corrected chi connectivity index (χ3v) is 4.09. The first-order chi connectivity index (χ1) is 8.00. The zero-order valence-corrected chi connectivity index (χ0v) is 11.7. The maximum Gasteiger partial charge on any atom is 0.313 e. The van der Waals surface area contributed by atoms with Gasteiger partial charge in [-0.15, -0.1) is 23.1 Å². The Hall–Kier alpha value is -0.430. The molecule has 0 unspecified atom stereocenters. The van der Waals surface area contributed by atoms with Crippen LogP contribution < -0.4 is 5.32 Å². The summed E-state index contributed by atoms with van der Waals surface area (Å²) in [6.45, 7) is 0.389. The maximum absolute atomic E-state index is 11.6. The highest BCUT2D eigenvalue weighted by Gasteiger charge is 2.13. The number of thiophene rings is 1. The zero-order chi connectivity index (χ0) is 12.8. The third kappa shape index (κ3) is 5.16.